The molecule has 2 unspecified atom stereocenters. The largest absolute Gasteiger partial charge is 0.494 e. The van der Waals surface area contributed by atoms with Crippen molar-refractivity contribution in [3.8, 4) is 5.75 Å². The molecule has 1 saturated heterocycles. The van der Waals surface area contributed by atoms with Crippen LogP contribution >= 0.6 is 0 Å². The second-order valence-electron chi connectivity index (χ2n) is 8.68. The standard InChI is InChI=1S/C24H31F3N6O3S/c1-4-32(5-2)37-33-12-10-31(11-13-33)23(34)21-18(14-28)36-22(30-21)16-6-8-17(35-3)20-15(16)7-9-19(29-20)24(25,26)27/h6-9,18,21H,4-5,10-14,28H2,1-3H3/p+1. The maximum Gasteiger partial charge on any atom is 0.433 e. The van der Waals surface area contributed by atoms with Crippen LogP contribution in [0.25, 0.3) is 10.9 Å². The zero-order chi connectivity index (χ0) is 26.7. The molecule has 1 fully saturated rings. The van der Waals surface area contributed by atoms with E-state index in [9.17, 15) is 18.0 Å². The first-order valence-electron chi connectivity index (χ1n) is 12.2. The molecule has 2 N–H and O–H groups in total. The number of hydrogen-bond acceptors (Lipinski definition) is 8. The molecule has 0 aliphatic carbocycles. The van der Waals surface area contributed by atoms with Gasteiger partial charge in [0.15, 0.2) is 18.2 Å². The van der Waals surface area contributed by atoms with Gasteiger partial charge in [0, 0.05) is 43.7 Å². The number of amides is 1. The number of alkyl halides is 3. The Kier molecular flexibility index (Phi) is 8.46. The fourth-order valence-corrected chi connectivity index (χ4v) is 5.36. The van der Waals surface area contributed by atoms with E-state index >= 15 is 0 Å². The minimum Gasteiger partial charge on any atom is -0.494 e. The number of aromatic nitrogens is 1. The van der Waals surface area contributed by atoms with Crippen LogP contribution in [-0.4, -0.2) is 95.4 Å². The average molecular weight is 542 g/mol. The number of thiol groups is 1. The predicted molar refractivity (Wildman–Crippen MR) is 137 cm³/mol. The lowest BCUT2D eigenvalue weighted by Gasteiger charge is -2.32. The summed E-state index contributed by atoms with van der Waals surface area (Å²) in [6.45, 7) is 8.86. The maximum atomic E-state index is 13.4. The fraction of sp³-hybridized carbons (Fsp3) is 0.542. The predicted octanol–water partition coefficient (Wildman–Crippen LogP) is 1.87. The second kappa shape index (κ2) is 11.4. The van der Waals surface area contributed by atoms with Crippen molar-refractivity contribution >= 4 is 34.8 Å². The molecule has 1 aromatic heterocycles. The molecule has 1 amide bonds. The third-order valence-electron chi connectivity index (χ3n) is 6.47. The summed E-state index contributed by atoms with van der Waals surface area (Å²) in [6.07, 6.45) is -5.28. The zero-order valence-corrected chi connectivity index (χ0v) is 21.9. The van der Waals surface area contributed by atoms with Gasteiger partial charge in [-0.3, -0.25) is 4.79 Å². The number of nitrogens with zero attached hydrogens (tertiary/aromatic N) is 5. The van der Waals surface area contributed by atoms with Crippen LogP contribution < -0.4 is 10.5 Å². The topological polar surface area (TPSA) is 96.5 Å². The Morgan fingerprint density at radius 1 is 1.19 bits per heavy atom. The van der Waals surface area contributed by atoms with Gasteiger partial charge in [-0.25, -0.2) is 9.98 Å². The Morgan fingerprint density at radius 3 is 2.49 bits per heavy atom. The summed E-state index contributed by atoms with van der Waals surface area (Å²) in [4.78, 5) is 23.5. The van der Waals surface area contributed by atoms with Crippen molar-refractivity contribution in [1.29, 1.82) is 0 Å². The fourth-order valence-electron chi connectivity index (χ4n) is 4.39. The monoisotopic (exact) mass is 541 g/mol. The number of halogens is 3. The molecule has 2 atom stereocenters. The highest BCUT2D eigenvalue weighted by Gasteiger charge is 2.40. The Bertz CT molecular complexity index is 1150. The average Bonchev–Trinajstić information content (AvgIpc) is 3.34. The van der Waals surface area contributed by atoms with Crippen LogP contribution in [0.4, 0.5) is 13.2 Å². The van der Waals surface area contributed by atoms with Crippen molar-refractivity contribution in [2.45, 2.75) is 32.2 Å². The molecule has 37 heavy (non-hydrogen) atoms. The zero-order valence-electron chi connectivity index (χ0n) is 21.0. The van der Waals surface area contributed by atoms with E-state index < -0.39 is 24.0 Å². The summed E-state index contributed by atoms with van der Waals surface area (Å²) < 4.78 is 55.6. The number of methoxy groups -OCH3 is 1. The van der Waals surface area contributed by atoms with Crippen LogP contribution in [-0.2, 0) is 27.8 Å². The number of hydrogen-bond donors (Lipinski definition) is 1. The first-order valence-corrected chi connectivity index (χ1v) is 13.0. The van der Waals surface area contributed by atoms with Crippen molar-refractivity contribution in [2.75, 3.05) is 52.9 Å². The van der Waals surface area contributed by atoms with E-state index in [0.717, 1.165) is 44.4 Å². The number of fused-ring (bicyclic) bond motifs is 1. The molecule has 0 spiro atoms. The Hall–Kier alpha value is -2.61. The maximum absolute atomic E-state index is 13.4. The van der Waals surface area contributed by atoms with Gasteiger partial charge in [-0.05, 0) is 38.1 Å². The van der Waals surface area contributed by atoms with E-state index in [1.165, 1.54) is 19.2 Å². The van der Waals surface area contributed by atoms with Gasteiger partial charge < -0.3 is 20.1 Å². The van der Waals surface area contributed by atoms with Gasteiger partial charge in [-0.15, -0.1) is 8.61 Å². The van der Waals surface area contributed by atoms with Crippen molar-refractivity contribution < 1.29 is 27.4 Å². The van der Waals surface area contributed by atoms with Gasteiger partial charge >= 0.3 is 6.18 Å². The Balaban J connectivity index is 1.57. The minimum absolute atomic E-state index is 0.0312. The molecule has 13 heteroatoms. The van der Waals surface area contributed by atoms with Crippen LogP contribution in [0.15, 0.2) is 29.3 Å². The molecule has 0 saturated carbocycles. The van der Waals surface area contributed by atoms with Crippen LogP contribution in [0, 0.1) is 0 Å². The molecule has 2 aromatic rings. The van der Waals surface area contributed by atoms with E-state index in [4.69, 9.17) is 15.2 Å². The van der Waals surface area contributed by atoms with Gasteiger partial charge in [0.1, 0.15) is 23.1 Å². The number of nitrogens with two attached hydrogens (primary N) is 1. The summed E-state index contributed by atoms with van der Waals surface area (Å²) in [5.41, 5.74) is 5.35. The first kappa shape index (κ1) is 27.4. The lowest BCUT2D eigenvalue weighted by molar-refractivity contribution is -0.141. The number of pyridine rings is 1. The highest BCUT2D eigenvalue weighted by atomic mass is 32.2. The summed E-state index contributed by atoms with van der Waals surface area (Å²) in [5, 5.41) is 0.374. The van der Waals surface area contributed by atoms with E-state index in [1.54, 1.807) is 11.0 Å². The number of ether oxygens (including phenoxy) is 2. The first-order chi connectivity index (χ1) is 17.7. The number of carbonyl (C=O) groups is 1. The SMILES string of the molecule is CCN(CC)[SH+]N1CCN(C(=O)C2N=C(c3ccc(OC)c4nc(C(F)(F)F)ccc34)OC2CN)CC1. The second-order valence-corrected chi connectivity index (χ2v) is 9.99. The number of carbonyl (C=O) groups excluding carboxylic acids is 1. The highest BCUT2D eigenvalue weighted by Crippen LogP contribution is 2.34. The summed E-state index contributed by atoms with van der Waals surface area (Å²) in [5.74, 6) is 0.176. The minimum atomic E-state index is -4.60. The molecule has 3 heterocycles. The van der Waals surface area contributed by atoms with E-state index in [1.807, 2.05) is 0 Å². The normalized spacial score (nSPS) is 20.9. The number of rotatable bonds is 8. The van der Waals surface area contributed by atoms with Crippen LogP contribution in [0.2, 0.25) is 0 Å². The molecule has 9 nitrogen and oxygen atoms in total. The van der Waals surface area contributed by atoms with Gasteiger partial charge in [0.25, 0.3) is 5.91 Å². The molecule has 4 rings (SSSR count). The number of benzene rings is 1. The van der Waals surface area contributed by atoms with E-state index in [2.05, 4.69) is 32.4 Å². The van der Waals surface area contributed by atoms with Crippen molar-refractivity contribution in [3.63, 3.8) is 0 Å². The van der Waals surface area contributed by atoms with Crippen LogP contribution in [0.5, 0.6) is 5.75 Å². The van der Waals surface area contributed by atoms with E-state index in [-0.39, 0.29) is 29.6 Å². The lowest BCUT2D eigenvalue weighted by atomic mass is 10.1. The van der Waals surface area contributed by atoms with Gasteiger partial charge in [0.2, 0.25) is 5.90 Å². The molecule has 0 radical (unpaired) electrons. The van der Waals surface area contributed by atoms with Crippen LogP contribution in [0.1, 0.15) is 25.1 Å². The van der Waals surface area contributed by atoms with Crippen molar-refractivity contribution in [1.82, 2.24) is 18.5 Å². The molecule has 0 bridgehead atoms. The van der Waals surface area contributed by atoms with Crippen LogP contribution in [0.3, 0.4) is 0 Å². The number of aliphatic imine (C=N–C) groups is 1. The molecule has 2 aliphatic heterocycles. The third-order valence-corrected chi connectivity index (χ3v) is 7.94. The quantitative estimate of drug-likeness (QED) is 0.403. The summed E-state index contributed by atoms with van der Waals surface area (Å²) >= 11 is 1.14. The van der Waals surface area contributed by atoms with Crippen molar-refractivity contribution in [3.05, 3.63) is 35.5 Å². The molecule has 1 aromatic carbocycles. The number of piperazine rings is 1. The summed E-state index contributed by atoms with van der Waals surface area (Å²) in [7, 11) is 1.36. The Labute approximate surface area is 218 Å². The molecule has 202 valence electrons. The molecule has 2 aliphatic rings. The van der Waals surface area contributed by atoms with Gasteiger partial charge in [0.05, 0.1) is 20.2 Å². The smallest absolute Gasteiger partial charge is 0.433 e. The molecular weight excluding hydrogens is 509 g/mol. The summed E-state index contributed by atoms with van der Waals surface area (Å²) in [6, 6.07) is 4.54. The van der Waals surface area contributed by atoms with Gasteiger partial charge in [-0.2, -0.15) is 13.2 Å². The third kappa shape index (κ3) is 5.79. The van der Waals surface area contributed by atoms with E-state index in [0.29, 0.717) is 24.0 Å². The highest BCUT2D eigenvalue weighted by molar-refractivity contribution is 7.73. The van der Waals surface area contributed by atoms with Crippen molar-refractivity contribution in [2.24, 2.45) is 10.7 Å². The van der Waals surface area contributed by atoms with Gasteiger partial charge in [-0.1, -0.05) is 0 Å². The Morgan fingerprint density at radius 2 is 1.89 bits per heavy atom. The molecular formula is C24H32F3N6O3S+. The lowest BCUT2D eigenvalue weighted by Crippen LogP contribution is -2.54.